The number of aryl methyl sites for hydroxylation is 1. The number of hydrogen-bond acceptors (Lipinski definition) is 3. The molecule has 22 heavy (non-hydrogen) atoms. The van der Waals surface area contributed by atoms with Crippen LogP contribution in [0.15, 0.2) is 63.8 Å². The molecule has 4 nitrogen and oxygen atoms in total. The van der Waals surface area contributed by atoms with Crippen LogP contribution in [0, 0.1) is 0 Å². The van der Waals surface area contributed by atoms with E-state index in [1.165, 1.54) is 5.56 Å². The fourth-order valence-corrected chi connectivity index (χ4v) is 2.56. The topological polar surface area (TPSA) is 52.2 Å². The number of aromatic nitrogens is 1. The number of unbranched alkanes of at least 4 members (excludes halogenated alkanes) is 1. The molecule has 0 atom stereocenters. The normalized spacial score (nSPS) is 10.9. The van der Waals surface area contributed by atoms with Crippen LogP contribution in [0.5, 0.6) is 0 Å². The van der Waals surface area contributed by atoms with Gasteiger partial charge in [-0.25, -0.2) is 9.36 Å². The lowest BCUT2D eigenvalue weighted by molar-refractivity contribution is 0.0895. The summed E-state index contributed by atoms with van der Waals surface area (Å²) in [5.74, 6) is -0.808. The van der Waals surface area contributed by atoms with E-state index in [1.54, 1.807) is 24.3 Å². The van der Waals surface area contributed by atoms with Crippen LogP contribution in [0.1, 0.15) is 29.6 Å². The van der Waals surface area contributed by atoms with Gasteiger partial charge in [-0.1, -0.05) is 42.5 Å². The number of hydrogen-bond donors (Lipinski definition) is 0. The molecule has 0 radical (unpaired) electrons. The predicted molar refractivity (Wildman–Crippen MR) is 85.1 cm³/mol. The average Bonchev–Trinajstić information content (AvgIpc) is 2.88. The highest BCUT2D eigenvalue weighted by molar-refractivity contribution is 5.88. The molecule has 3 aromatic rings. The Morgan fingerprint density at radius 2 is 1.68 bits per heavy atom. The maximum atomic E-state index is 12.3. The third kappa shape index (κ3) is 3.01. The second-order valence-electron chi connectivity index (χ2n) is 5.26. The summed E-state index contributed by atoms with van der Waals surface area (Å²) < 4.78 is 6.22. The molecule has 0 aliphatic carbocycles. The van der Waals surface area contributed by atoms with Crippen LogP contribution in [-0.4, -0.2) is 10.5 Å². The zero-order valence-corrected chi connectivity index (χ0v) is 12.2. The summed E-state index contributed by atoms with van der Waals surface area (Å²) in [5.41, 5.74) is 2.26. The number of nitrogens with zero attached hydrogens (tertiary/aromatic N) is 1. The van der Waals surface area contributed by atoms with Crippen LogP contribution in [0.2, 0.25) is 0 Å². The lowest BCUT2D eigenvalue weighted by atomic mass is 10.1. The number of oxazole rings is 1. The molecule has 112 valence electrons. The van der Waals surface area contributed by atoms with Gasteiger partial charge in [0.1, 0.15) is 0 Å². The highest BCUT2D eigenvalue weighted by Gasteiger charge is 2.14. The summed E-state index contributed by atoms with van der Waals surface area (Å²) in [6.45, 7) is 0. The quantitative estimate of drug-likeness (QED) is 0.675. The number of fused-ring (bicyclic) bond motifs is 1. The van der Waals surface area contributed by atoms with Crippen molar-refractivity contribution in [2.24, 2.45) is 0 Å². The number of benzene rings is 2. The average molecular weight is 295 g/mol. The Balaban J connectivity index is 1.62. The van der Waals surface area contributed by atoms with E-state index in [9.17, 15) is 9.59 Å². The van der Waals surface area contributed by atoms with Crippen molar-refractivity contribution < 1.29 is 9.21 Å². The van der Waals surface area contributed by atoms with Crippen molar-refractivity contribution in [3.8, 4) is 0 Å². The molecule has 0 fully saturated rings. The van der Waals surface area contributed by atoms with Gasteiger partial charge in [-0.05, 0) is 37.0 Å². The lowest BCUT2D eigenvalue weighted by Gasteiger charge is -2.02. The van der Waals surface area contributed by atoms with Gasteiger partial charge in [-0.15, -0.1) is 0 Å². The summed E-state index contributed by atoms with van der Waals surface area (Å²) >= 11 is 0. The Hall–Kier alpha value is -2.62. The third-order valence-electron chi connectivity index (χ3n) is 3.68. The second kappa shape index (κ2) is 6.43. The Kier molecular flexibility index (Phi) is 4.19. The van der Waals surface area contributed by atoms with Crippen LogP contribution in [0.3, 0.4) is 0 Å². The maximum absolute atomic E-state index is 12.3. The smallest absolute Gasteiger partial charge is 0.407 e. The van der Waals surface area contributed by atoms with Gasteiger partial charge in [0.2, 0.25) is 5.91 Å². The van der Waals surface area contributed by atoms with Gasteiger partial charge >= 0.3 is 5.76 Å². The van der Waals surface area contributed by atoms with E-state index in [-0.39, 0.29) is 5.91 Å². The van der Waals surface area contributed by atoms with Gasteiger partial charge in [0.25, 0.3) is 0 Å². The summed E-state index contributed by atoms with van der Waals surface area (Å²) in [6, 6.07) is 17.2. The van der Waals surface area contributed by atoms with Crippen molar-refractivity contribution in [2.75, 3.05) is 0 Å². The SMILES string of the molecule is O=C(CCCCc1ccccc1)n1c(=O)oc2ccccc21. The number of rotatable bonds is 5. The molecule has 0 saturated heterocycles. The monoisotopic (exact) mass is 295 g/mol. The summed E-state index contributed by atoms with van der Waals surface area (Å²) in [5, 5.41) is 0. The summed E-state index contributed by atoms with van der Waals surface area (Å²) in [7, 11) is 0. The van der Waals surface area contributed by atoms with Crippen molar-refractivity contribution in [1.82, 2.24) is 4.57 Å². The number of carbonyl (C=O) groups is 1. The van der Waals surface area contributed by atoms with E-state index in [0.29, 0.717) is 17.5 Å². The van der Waals surface area contributed by atoms with E-state index >= 15 is 0 Å². The van der Waals surface area contributed by atoms with Gasteiger partial charge in [0.05, 0.1) is 5.52 Å². The highest BCUT2D eigenvalue weighted by atomic mass is 16.4. The van der Waals surface area contributed by atoms with Crippen molar-refractivity contribution in [1.29, 1.82) is 0 Å². The van der Waals surface area contributed by atoms with Crippen LogP contribution in [-0.2, 0) is 6.42 Å². The minimum absolute atomic E-state index is 0.206. The largest absolute Gasteiger partial charge is 0.426 e. The van der Waals surface area contributed by atoms with E-state index < -0.39 is 5.76 Å². The van der Waals surface area contributed by atoms with Gasteiger partial charge in [-0.3, -0.25) is 4.79 Å². The number of carbonyl (C=O) groups excluding carboxylic acids is 1. The first-order valence-corrected chi connectivity index (χ1v) is 7.43. The molecule has 1 aromatic heterocycles. The molecule has 0 N–H and O–H groups in total. The molecule has 0 amide bonds. The highest BCUT2D eigenvalue weighted by Crippen LogP contribution is 2.13. The van der Waals surface area contributed by atoms with Gasteiger partial charge < -0.3 is 4.42 Å². The zero-order chi connectivity index (χ0) is 15.4. The fraction of sp³-hybridized carbons (Fsp3) is 0.222. The molecule has 3 rings (SSSR count). The Labute approximate surface area is 128 Å². The first kappa shape index (κ1) is 14.3. The van der Waals surface area contributed by atoms with Crippen molar-refractivity contribution in [2.45, 2.75) is 25.7 Å². The minimum Gasteiger partial charge on any atom is -0.407 e. The Bertz CT molecular complexity index is 830. The van der Waals surface area contributed by atoms with E-state index in [1.807, 2.05) is 18.2 Å². The fourth-order valence-electron chi connectivity index (χ4n) is 2.56. The molecule has 4 heteroatoms. The van der Waals surface area contributed by atoms with E-state index in [0.717, 1.165) is 23.8 Å². The molecule has 0 aliphatic heterocycles. The minimum atomic E-state index is -0.603. The number of para-hydroxylation sites is 2. The maximum Gasteiger partial charge on any atom is 0.426 e. The van der Waals surface area contributed by atoms with Gasteiger partial charge in [-0.2, -0.15) is 0 Å². The van der Waals surface area contributed by atoms with E-state index in [2.05, 4.69) is 12.1 Å². The van der Waals surface area contributed by atoms with Crippen LogP contribution >= 0.6 is 0 Å². The molecule has 2 aromatic carbocycles. The standard InChI is InChI=1S/C18H17NO3/c20-17(13-7-4-10-14-8-2-1-3-9-14)19-15-11-5-6-12-16(15)22-18(19)21/h1-3,5-6,8-9,11-12H,4,7,10,13H2. The van der Waals surface area contributed by atoms with Gasteiger partial charge in [0.15, 0.2) is 5.58 Å². The lowest BCUT2D eigenvalue weighted by Crippen LogP contribution is -2.22. The summed E-state index contributed by atoms with van der Waals surface area (Å²) in [4.78, 5) is 24.1. The molecular formula is C18H17NO3. The van der Waals surface area contributed by atoms with Crippen molar-refractivity contribution >= 4 is 17.0 Å². The van der Waals surface area contributed by atoms with Crippen LogP contribution in [0.25, 0.3) is 11.1 Å². The molecule has 0 aliphatic rings. The van der Waals surface area contributed by atoms with Crippen molar-refractivity contribution in [3.05, 3.63) is 70.7 Å². The first-order valence-electron chi connectivity index (χ1n) is 7.43. The molecule has 0 unspecified atom stereocenters. The molecule has 1 heterocycles. The van der Waals surface area contributed by atoms with Crippen LogP contribution < -0.4 is 5.76 Å². The second-order valence-corrected chi connectivity index (χ2v) is 5.26. The molecular weight excluding hydrogens is 278 g/mol. The van der Waals surface area contributed by atoms with Gasteiger partial charge in [0, 0.05) is 6.42 Å². The Morgan fingerprint density at radius 1 is 0.955 bits per heavy atom. The summed E-state index contributed by atoms with van der Waals surface area (Å²) in [6.07, 6.45) is 2.95. The third-order valence-corrected chi connectivity index (χ3v) is 3.68. The Morgan fingerprint density at radius 3 is 2.50 bits per heavy atom. The van der Waals surface area contributed by atoms with Crippen LogP contribution in [0.4, 0.5) is 0 Å². The zero-order valence-electron chi connectivity index (χ0n) is 12.2. The van der Waals surface area contributed by atoms with Crippen molar-refractivity contribution in [3.63, 3.8) is 0 Å². The molecule has 0 spiro atoms. The predicted octanol–water partition coefficient (Wildman–Crippen LogP) is 3.65. The molecule has 0 saturated carbocycles. The first-order chi connectivity index (χ1) is 10.8. The molecule has 0 bridgehead atoms. The van der Waals surface area contributed by atoms with E-state index in [4.69, 9.17) is 4.42 Å².